The minimum absolute atomic E-state index is 0.0219. The van der Waals surface area contributed by atoms with Gasteiger partial charge in [-0.1, -0.05) is 24.3 Å². The molecule has 0 radical (unpaired) electrons. The zero-order valence-electron chi connectivity index (χ0n) is 15.6. The number of rotatable bonds is 3. The molecule has 5 rings (SSSR count). The van der Waals surface area contributed by atoms with Crippen molar-refractivity contribution in [1.82, 2.24) is 10.3 Å². The van der Waals surface area contributed by atoms with E-state index in [0.29, 0.717) is 4.88 Å². The number of aryl methyl sites for hydroxylation is 1. The Labute approximate surface area is 167 Å². The lowest BCUT2D eigenvalue weighted by molar-refractivity contribution is 0.0937. The van der Waals surface area contributed by atoms with Gasteiger partial charge in [0.25, 0.3) is 5.91 Å². The van der Waals surface area contributed by atoms with E-state index in [1.54, 1.807) is 7.11 Å². The van der Waals surface area contributed by atoms with Gasteiger partial charge < -0.3 is 10.1 Å². The maximum absolute atomic E-state index is 12.9. The smallest absolute Gasteiger partial charge is 0.261 e. The molecule has 0 spiro atoms. The van der Waals surface area contributed by atoms with E-state index in [-0.39, 0.29) is 11.9 Å². The monoisotopic (exact) mass is 388 g/mol. The third-order valence-corrected chi connectivity index (χ3v) is 6.45. The maximum atomic E-state index is 12.9. The number of carbonyl (C=O) groups excluding carboxylic acids is 1. The van der Waals surface area contributed by atoms with Gasteiger partial charge in [-0.2, -0.15) is 0 Å². The number of methoxy groups -OCH3 is 1. The molecule has 1 atom stereocenters. The Kier molecular flexibility index (Phi) is 4.24. The molecule has 0 aliphatic heterocycles. The molecular weight excluding hydrogens is 368 g/mol. The van der Waals surface area contributed by atoms with E-state index in [9.17, 15) is 4.79 Å². The molecule has 1 aliphatic rings. The number of aromatic nitrogens is 1. The molecule has 4 aromatic rings. The van der Waals surface area contributed by atoms with E-state index < -0.39 is 0 Å². The molecule has 0 saturated heterocycles. The van der Waals surface area contributed by atoms with Crippen LogP contribution in [-0.2, 0) is 6.42 Å². The van der Waals surface area contributed by atoms with Gasteiger partial charge in [0.2, 0.25) is 0 Å². The molecule has 2 heterocycles. The number of carbonyl (C=O) groups is 1. The first-order chi connectivity index (χ1) is 13.7. The third-order valence-electron chi connectivity index (χ3n) is 5.41. The van der Waals surface area contributed by atoms with Crippen LogP contribution in [0.3, 0.4) is 0 Å². The molecule has 28 heavy (non-hydrogen) atoms. The highest BCUT2D eigenvalue weighted by molar-refractivity contribution is 7.20. The molecule has 2 aromatic carbocycles. The summed E-state index contributed by atoms with van der Waals surface area (Å²) in [6.07, 6.45) is 3.17. The fraction of sp³-hybridized carbons (Fsp3) is 0.217. The maximum Gasteiger partial charge on any atom is 0.261 e. The first-order valence-corrected chi connectivity index (χ1v) is 10.3. The molecule has 5 heteroatoms. The molecule has 0 unspecified atom stereocenters. The lowest BCUT2D eigenvalue weighted by Gasteiger charge is -2.26. The SMILES string of the molecule is COc1ccc2cc3cc(C(=O)N[C@H]4CCCc5ccccc54)sc3nc2c1. The molecule has 0 bridgehead atoms. The van der Waals surface area contributed by atoms with Crippen molar-refractivity contribution >= 4 is 38.4 Å². The summed E-state index contributed by atoms with van der Waals surface area (Å²) in [5, 5.41) is 5.27. The normalized spacial score (nSPS) is 16.1. The fourth-order valence-corrected chi connectivity index (χ4v) is 4.90. The number of fused-ring (bicyclic) bond motifs is 3. The quantitative estimate of drug-likeness (QED) is 0.520. The summed E-state index contributed by atoms with van der Waals surface area (Å²) in [6, 6.07) is 18.4. The Balaban J connectivity index is 1.46. The van der Waals surface area contributed by atoms with Gasteiger partial charge in [0, 0.05) is 16.8 Å². The minimum Gasteiger partial charge on any atom is -0.497 e. The highest BCUT2D eigenvalue weighted by Crippen LogP contribution is 2.32. The van der Waals surface area contributed by atoms with Crippen LogP contribution in [-0.4, -0.2) is 18.0 Å². The predicted octanol–water partition coefficient (Wildman–Crippen LogP) is 5.27. The van der Waals surface area contributed by atoms with Crippen LogP contribution in [0.1, 0.15) is 39.7 Å². The number of hydrogen-bond acceptors (Lipinski definition) is 4. The molecule has 0 fully saturated rings. The zero-order valence-corrected chi connectivity index (χ0v) is 16.4. The van der Waals surface area contributed by atoms with Crippen LogP contribution in [0, 0.1) is 0 Å². The van der Waals surface area contributed by atoms with Crippen molar-refractivity contribution in [2.24, 2.45) is 0 Å². The van der Waals surface area contributed by atoms with Gasteiger partial charge in [-0.15, -0.1) is 11.3 Å². The summed E-state index contributed by atoms with van der Waals surface area (Å²) >= 11 is 1.44. The Morgan fingerprint density at radius 2 is 2.04 bits per heavy atom. The first kappa shape index (κ1) is 17.2. The second-order valence-corrected chi connectivity index (χ2v) is 8.20. The van der Waals surface area contributed by atoms with Crippen LogP contribution in [0.4, 0.5) is 0 Å². The Morgan fingerprint density at radius 3 is 2.93 bits per heavy atom. The van der Waals surface area contributed by atoms with Gasteiger partial charge in [-0.25, -0.2) is 4.98 Å². The van der Waals surface area contributed by atoms with E-state index in [1.165, 1.54) is 22.5 Å². The summed E-state index contributed by atoms with van der Waals surface area (Å²) < 4.78 is 5.29. The van der Waals surface area contributed by atoms with E-state index in [4.69, 9.17) is 9.72 Å². The van der Waals surface area contributed by atoms with Gasteiger partial charge in [0.05, 0.1) is 23.5 Å². The van der Waals surface area contributed by atoms with E-state index in [1.807, 2.05) is 30.3 Å². The van der Waals surface area contributed by atoms with E-state index >= 15 is 0 Å². The molecule has 140 valence electrons. The Bertz CT molecular complexity index is 1200. The van der Waals surface area contributed by atoms with Gasteiger partial charge in [0.15, 0.2) is 0 Å². The summed E-state index contributed by atoms with van der Waals surface area (Å²) in [5.74, 6) is 0.760. The predicted molar refractivity (Wildman–Crippen MR) is 113 cm³/mol. The van der Waals surface area contributed by atoms with Crippen molar-refractivity contribution in [3.8, 4) is 5.75 Å². The van der Waals surface area contributed by atoms with Crippen LogP contribution in [0.5, 0.6) is 5.75 Å². The molecule has 1 aliphatic carbocycles. The van der Waals surface area contributed by atoms with Crippen molar-refractivity contribution in [2.75, 3.05) is 7.11 Å². The molecular formula is C23H20N2O2S. The zero-order chi connectivity index (χ0) is 19.1. The van der Waals surface area contributed by atoms with Crippen LogP contribution >= 0.6 is 11.3 Å². The number of pyridine rings is 1. The van der Waals surface area contributed by atoms with Gasteiger partial charge in [-0.3, -0.25) is 4.79 Å². The number of thiophene rings is 1. The lowest BCUT2D eigenvalue weighted by Crippen LogP contribution is -2.30. The largest absolute Gasteiger partial charge is 0.497 e. The average molecular weight is 388 g/mol. The number of amides is 1. The lowest BCUT2D eigenvalue weighted by atomic mass is 9.88. The summed E-state index contributed by atoms with van der Waals surface area (Å²) in [4.78, 5) is 19.2. The van der Waals surface area contributed by atoms with Crippen molar-refractivity contribution in [1.29, 1.82) is 0 Å². The molecule has 0 saturated carbocycles. The standard InChI is InChI=1S/C23H20N2O2S/c1-27-17-10-9-15-11-16-12-21(28-23(16)25-20(15)13-17)22(26)24-19-8-4-6-14-5-2-3-7-18(14)19/h2-3,5,7,9-13,19H,4,6,8H2,1H3,(H,24,26)/t19-/m0/s1. The first-order valence-electron chi connectivity index (χ1n) is 9.48. The van der Waals surface area contributed by atoms with Crippen molar-refractivity contribution in [2.45, 2.75) is 25.3 Å². The molecule has 2 aromatic heterocycles. The summed E-state index contributed by atoms with van der Waals surface area (Å²) in [6.45, 7) is 0. The topological polar surface area (TPSA) is 51.2 Å². The Morgan fingerprint density at radius 1 is 1.14 bits per heavy atom. The van der Waals surface area contributed by atoms with Crippen molar-refractivity contribution in [3.05, 3.63) is 70.6 Å². The number of nitrogens with one attached hydrogen (secondary N) is 1. The van der Waals surface area contributed by atoms with Crippen LogP contribution in [0.2, 0.25) is 0 Å². The molecule has 1 N–H and O–H groups in total. The van der Waals surface area contributed by atoms with Crippen LogP contribution in [0.25, 0.3) is 21.1 Å². The second-order valence-electron chi connectivity index (χ2n) is 7.17. The number of benzene rings is 2. The fourth-order valence-electron chi connectivity index (χ4n) is 3.98. The highest BCUT2D eigenvalue weighted by Gasteiger charge is 2.22. The minimum atomic E-state index is -0.0219. The Hall–Kier alpha value is -2.92. The van der Waals surface area contributed by atoms with E-state index in [0.717, 1.165) is 46.1 Å². The number of nitrogens with zero attached hydrogens (tertiary/aromatic N) is 1. The van der Waals surface area contributed by atoms with Crippen molar-refractivity contribution in [3.63, 3.8) is 0 Å². The van der Waals surface area contributed by atoms with Crippen molar-refractivity contribution < 1.29 is 9.53 Å². The van der Waals surface area contributed by atoms with Crippen LogP contribution < -0.4 is 10.1 Å². The molecule has 1 amide bonds. The molecule has 4 nitrogen and oxygen atoms in total. The van der Waals surface area contributed by atoms with Gasteiger partial charge >= 0.3 is 0 Å². The third kappa shape index (κ3) is 3.02. The van der Waals surface area contributed by atoms with Gasteiger partial charge in [0.1, 0.15) is 10.6 Å². The highest BCUT2D eigenvalue weighted by atomic mass is 32.1. The number of ether oxygens (including phenoxy) is 1. The van der Waals surface area contributed by atoms with Crippen LogP contribution in [0.15, 0.2) is 54.6 Å². The average Bonchev–Trinajstić information content (AvgIpc) is 3.15. The van der Waals surface area contributed by atoms with E-state index in [2.05, 4.69) is 29.6 Å². The summed E-state index contributed by atoms with van der Waals surface area (Å²) in [7, 11) is 1.65. The summed E-state index contributed by atoms with van der Waals surface area (Å²) in [5.41, 5.74) is 3.47. The second kappa shape index (κ2) is 6.91. The number of hydrogen-bond donors (Lipinski definition) is 1. The van der Waals surface area contributed by atoms with Gasteiger partial charge in [-0.05, 0) is 54.7 Å².